The van der Waals surface area contributed by atoms with E-state index in [0.29, 0.717) is 13.0 Å². The zero-order chi connectivity index (χ0) is 13.2. The smallest absolute Gasteiger partial charge is 0.341 e. The van der Waals surface area contributed by atoms with Gasteiger partial charge >= 0.3 is 16.1 Å². The van der Waals surface area contributed by atoms with E-state index in [1.54, 1.807) is 12.1 Å². The topological polar surface area (TPSA) is 72.5 Å². The van der Waals surface area contributed by atoms with Crippen LogP contribution in [0.2, 0.25) is 0 Å². The zero-order valence-corrected chi connectivity index (χ0v) is 10.9. The summed E-state index contributed by atoms with van der Waals surface area (Å²) in [6, 6.07) is 5.67. The Balaban J connectivity index is 2.11. The minimum absolute atomic E-state index is 0.000512. The van der Waals surface area contributed by atoms with E-state index in [9.17, 15) is 13.2 Å². The summed E-state index contributed by atoms with van der Waals surface area (Å²) in [6.45, 7) is 2.56. The number of benzene rings is 1. The summed E-state index contributed by atoms with van der Waals surface area (Å²) in [5.74, 6) is -0.729. The van der Waals surface area contributed by atoms with Crippen molar-refractivity contribution in [1.82, 2.24) is 5.32 Å². The molecule has 1 atom stereocenters. The predicted molar refractivity (Wildman–Crippen MR) is 65.5 cm³/mol. The van der Waals surface area contributed by atoms with Crippen molar-refractivity contribution in [2.45, 2.75) is 30.7 Å². The first kappa shape index (κ1) is 13.0. The molecular formula is C12H15NO4S. The number of carbonyl (C=O) groups is 1. The molecule has 2 rings (SSSR count). The normalized spacial score (nSPS) is 19.7. The van der Waals surface area contributed by atoms with Gasteiger partial charge in [0.05, 0.1) is 0 Å². The first-order valence-electron chi connectivity index (χ1n) is 5.77. The number of hydrogen-bond acceptors (Lipinski definition) is 5. The van der Waals surface area contributed by atoms with Crippen molar-refractivity contribution in [3.8, 4) is 0 Å². The van der Waals surface area contributed by atoms with E-state index in [2.05, 4.69) is 9.50 Å². The molecule has 1 saturated heterocycles. The average Bonchev–Trinajstić information content (AvgIpc) is 2.82. The molecule has 98 valence electrons. The number of carbonyl (C=O) groups excluding carboxylic acids is 1. The second kappa shape index (κ2) is 5.07. The fraction of sp³-hybridized carbons (Fsp3) is 0.417. The Bertz CT molecular complexity index is 530. The van der Waals surface area contributed by atoms with Crippen molar-refractivity contribution < 1.29 is 17.4 Å². The van der Waals surface area contributed by atoms with Crippen molar-refractivity contribution in [2.24, 2.45) is 0 Å². The summed E-state index contributed by atoms with van der Waals surface area (Å²) in [6.07, 6.45) is 1.46. The lowest BCUT2D eigenvalue weighted by Gasteiger charge is -2.10. The van der Waals surface area contributed by atoms with Gasteiger partial charge in [0, 0.05) is 0 Å². The fourth-order valence-corrected chi connectivity index (χ4v) is 2.70. The second-order valence-corrected chi connectivity index (χ2v) is 5.86. The first-order chi connectivity index (χ1) is 8.49. The van der Waals surface area contributed by atoms with Gasteiger partial charge < -0.3 is 9.50 Å². The largest absolute Gasteiger partial charge is 0.341 e. The molecule has 1 N–H and O–H groups in total. The standard InChI is InChI=1S/C12H15NO4S/c1-9-4-6-10(7-5-9)18(15,16)17-12(14)11-3-2-8-13-11/h4-7,11,13H,2-3,8H2,1H3/t11-/m0/s1. The lowest BCUT2D eigenvalue weighted by Crippen LogP contribution is -2.33. The monoisotopic (exact) mass is 269 g/mol. The number of aryl methyl sites for hydroxylation is 1. The van der Waals surface area contributed by atoms with Crippen molar-refractivity contribution >= 4 is 16.1 Å². The van der Waals surface area contributed by atoms with Crippen LogP contribution >= 0.6 is 0 Å². The van der Waals surface area contributed by atoms with Gasteiger partial charge in [0.25, 0.3) is 0 Å². The summed E-state index contributed by atoms with van der Waals surface area (Å²) in [5, 5.41) is 2.90. The Morgan fingerprint density at radius 2 is 2.00 bits per heavy atom. The van der Waals surface area contributed by atoms with Crippen LogP contribution in [0.5, 0.6) is 0 Å². The Morgan fingerprint density at radius 3 is 2.56 bits per heavy atom. The zero-order valence-electron chi connectivity index (χ0n) is 10.0. The van der Waals surface area contributed by atoms with E-state index in [-0.39, 0.29) is 4.90 Å². The summed E-state index contributed by atoms with van der Waals surface area (Å²) in [4.78, 5) is 11.6. The fourth-order valence-electron chi connectivity index (χ4n) is 1.80. The molecule has 0 amide bonds. The molecule has 6 heteroatoms. The Labute approximate surface area is 106 Å². The van der Waals surface area contributed by atoms with Crippen LogP contribution in [0.1, 0.15) is 18.4 Å². The van der Waals surface area contributed by atoms with Gasteiger partial charge in [-0.3, -0.25) is 0 Å². The molecule has 0 aliphatic carbocycles. The van der Waals surface area contributed by atoms with Crippen LogP contribution < -0.4 is 5.32 Å². The van der Waals surface area contributed by atoms with Crippen molar-refractivity contribution in [3.63, 3.8) is 0 Å². The highest BCUT2D eigenvalue weighted by Crippen LogP contribution is 2.15. The van der Waals surface area contributed by atoms with E-state index in [4.69, 9.17) is 0 Å². The molecule has 5 nitrogen and oxygen atoms in total. The van der Waals surface area contributed by atoms with Crippen LogP contribution in [0.25, 0.3) is 0 Å². The van der Waals surface area contributed by atoms with Gasteiger partial charge in [-0.1, -0.05) is 17.7 Å². The van der Waals surface area contributed by atoms with Gasteiger partial charge in [0.1, 0.15) is 10.9 Å². The minimum Gasteiger partial charge on any atom is -0.341 e. The molecule has 0 radical (unpaired) electrons. The number of nitrogens with one attached hydrogen (secondary N) is 1. The van der Waals surface area contributed by atoms with Crippen molar-refractivity contribution in [2.75, 3.05) is 6.54 Å². The molecule has 1 aliphatic heterocycles. The minimum atomic E-state index is -4.00. The lowest BCUT2D eigenvalue weighted by atomic mass is 10.2. The van der Waals surface area contributed by atoms with E-state index in [0.717, 1.165) is 12.0 Å². The lowest BCUT2D eigenvalue weighted by molar-refractivity contribution is -0.135. The third-order valence-corrected chi connectivity index (χ3v) is 4.08. The SMILES string of the molecule is Cc1ccc(S(=O)(=O)OC(=O)[C@@H]2CCCN2)cc1. The van der Waals surface area contributed by atoms with Crippen LogP contribution in [-0.2, 0) is 19.1 Å². The molecule has 0 saturated carbocycles. The quantitative estimate of drug-likeness (QED) is 0.828. The van der Waals surface area contributed by atoms with Gasteiger partial charge in [-0.25, -0.2) is 4.79 Å². The van der Waals surface area contributed by atoms with Crippen molar-refractivity contribution in [1.29, 1.82) is 0 Å². The molecule has 0 unspecified atom stereocenters. The molecule has 1 aliphatic rings. The van der Waals surface area contributed by atoms with E-state index in [1.807, 2.05) is 6.92 Å². The van der Waals surface area contributed by atoms with Crippen molar-refractivity contribution in [3.05, 3.63) is 29.8 Å². The third kappa shape index (κ3) is 2.88. The molecule has 1 heterocycles. The van der Waals surface area contributed by atoms with Gasteiger partial charge in [0.2, 0.25) is 0 Å². The maximum Gasteiger partial charge on any atom is 0.341 e. The second-order valence-electron chi connectivity index (χ2n) is 4.32. The van der Waals surface area contributed by atoms with E-state index >= 15 is 0 Å². The Morgan fingerprint density at radius 1 is 1.33 bits per heavy atom. The van der Waals surface area contributed by atoms with Gasteiger partial charge in [-0.05, 0) is 38.4 Å². The predicted octanol–water partition coefficient (Wildman–Crippen LogP) is 0.979. The summed E-state index contributed by atoms with van der Waals surface area (Å²) in [5.41, 5.74) is 0.942. The summed E-state index contributed by atoms with van der Waals surface area (Å²) >= 11 is 0. The molecule has 1 aromatic carbocycles. The number of hydrogen-bond donors (Lipinski definition) is 1. The number of rotatable bonds is 3. The highest BCUT2D eigenvalue weighted by Gasteiger charge is 2.28. The third-order valence-electron chi connectivity index (χ3n) is 2.85. The average molecular weight is 269 g/mol. The summed E-state index contributed by atoms with van der Waals surface area (Å²) < 4.78 is 28.3. The van der Waals surface area contributed by atoms with Crippen LogP contribution in [-0.4, -0.2) is 27.0 Å². The van der Waals surface area contributed by atoms with E-state index < -0.39 is 22.1 Å². The Kier molecular flexibility index (Phi) is 3.68. The molecule has 1 fully saturated rings. The molecule has 0 aromatic heterocycles. The molecule has 0 bridgehead atoms. The van der Waals surface area contributed by atoms with Gasteiger partial charge in [0.15, 0.2) is 0 Å². The maximum atomic E-state index is 11.8. The van der Waals surface area contributed by atoms with Crippen LogP contribution in [0.15, 0.2) is 29.2 Å². The van der Waals surface area contributed by atoms with Gasteiger partial charge in [-0.15, -0.1) is 0 Å². The molecular weight excluding hydrogens is 254 g/mol. The van der Waals surface area contributed by atoms with Crippen LogP contribution in [0.4, 0.5) is 0 Å². The highest BCUT2D eigenvalue weighted by molar-refractivity contribution is 7.87. The summed E-state index contributed by atoms with van der Waals surface area (Å²) in [7, 11) is -4.00. The molecule has 0 spiro atoms. The van der Waals surface area contributed by atoms with Gasteiger partial charge in [-0.2, -0.15) is 8.42 Å². The highest BCUT2D eigenvalue weighted by atomic mass is 32.2. The Hall–Kier alpha value is -1.40. The molecule has 1 aromatic rings. The molecule has 18 heavy (non-hydrogen) atoms. The van der Waals surface area contributed by atoms with Crippen LogP contribution in [0.3, 0.4) is 0 Å². The van der Waals surface area contributed by atoms with E-state index in [1.165, 1.54) is 12.1 Å². The maximum absolute atomic E-state index is 11.8. The first-order valence-corrected chi connectivity index (χ1v) is 7.18. The van der Waals surface area contributed by atoms with Crippen LogP contribution in [0, 0.1) is 6.92 Å².